The van der Waals surface area contributed by atoms with E-state index in [-0.39, 0.29) is 6.10 Å². The summed E-state index contributed by atoms with van der Waals surface area (Å²) in [7, 11) is 1.04. The second-order valence-electron chi connectivity index (χ2n) is 13.2. The SMILES string of the molecule is B1c2ccccc2C(C2CN(C3CCCCCCCCCC(Nc4ccccc4)CCCC3)CCO2)c2ccccc21. The van der Waals surface area contributed by atoms with Crippen LogP contribution in [0.3, 0.4) is 0 Å². The summed E-state index contributed by atoms with van der Waals surface area (Å²) >= 11 is 0. The van der Waals surface area contributed by atoms with Crippen molar-refractivity contribution in [1.29, 1.82) is 0 Å². The van der Waals surface area contributed by atoms with Crippen LogP contribution >= 0.6 is 0 Å². The van der Waals surface area contributed by atoms with Crippen LogP contribution in [-0.4, -0.2) is 50.1 Å². The minimum absolute atomic E-state index is 0.220. The first-order valence-corrected chi connectivity index (χ1v) is 17.2. The number of rotatable bonds is 4. The topological polar surface area (TPSA) is 24.5 Å². The van der Waals surface area contributed by atoms with Crippen LogP contribution in [0.2, 0.25) is 0 Å². The summed E-state index contributed by atoms with van der Waals surface area (Å²) in [5.41, 5.74) is 7.22. The lowest BCUT2D eigenvalue weighted by Crippen LogP contribution is -2.52. The Hall–Kier alpha value is -2.56. The first-order valence-electron chi connectivity index (χ1n) is 17.2. The number of para-hydroxylation sites is 1. The maximum absolute atomic E-state index is 6.65. The maximum atomic E-state index is 6.65. The van der Waals surface area contributed by atoms with Gasteiger partial charge >= 0.3 is 0 Å². The highest BCUT2D eigenvalue weighted by atomic mass is 16.5. The fourth-order valence-corrected chi connectivity index (χ4v) is 7.99. The van der Waals surface area contributed by atoms with Gasteiger partial charge in [0.05, 0.1) is 12.7 Å². The lowest BCUT2D eigenvalue weighted by molar-refractivity contribution is -0.0526. The quantitative estimate of drug-likeness (QED) is 0.342. The van der Waals surface area contributed by atoms with Crippen LogP contribution in [0, 0.1) is 0 Å². The van der Waals surface area contributed by atoms with E-state index in [2.05, 4.69) is 89.1 Å². The van der Waals surface area contributed by atoms with Crippen molar-refractivity contribution in [3.8, 4) is 0 Å². The molecule has 6 rings (SSSR count). The van der Waals surface area contributed by atoms with E-state index in [1.165, 1.54) is 111 Å². The molecule has 3 unspecified atom stereocenters. The molecule has 3 atom stereocenters. The number of fused-ring (bicyclic) bond motifs is 2. The van der Waals surface area contributed by atoms with Crippen LogP contribution in [0.15, 0.2) is 78.9 Å². The molecule has 2 fully saturated rings. The fourth-order valence-electron chi connectivity index (χ4n) is 7.99. The van der Waals surface area contributed by atoms with E-state index in [1.807, 2.05) is 0 Å². The van der Waals surface area contributed by atoms with Gasteiger partial charge < -0.3 is 10.1 Å². The number of morpholine rings is 1. The summed E-state index contributed by atoms with van der Waals surface area (Å²) in [5.74, 6) is 0.334. The lowest BCUT2D eigenvalue weighted by atomic mass is 9.53. The van der Waals surface area contributed by atoms with Gasteiger partial charge in [0.25, 0.3) is 0 Å². The van der Waals surface area contributed by atoms with Gasteiger partial charge in [-0.15, -0.1) is 0 Å². The molecule has 3 aliphatic rings. The number of nitrogens with one attached hydrogen (secondary N) is 1. The van der Waals surface area contributed by atoms with Crippen molar-refractivity contribution in [1.82, 2.24) is 4.90 Å². The Balaban J connectivity index is 1.13. The van der Waals surface area contributed by atoms with Crippen molar-refractivity contribution >= 4 is 23.9 Å². The summed E-state index contributed by atoms with van der Waals surface area (Å²) in [6, 6.07) is 30.4. The average Bonchev–Trinajstić information content (AvgIpc) is 3.04. The predicted octanol–water partition coefficient (Wildman–Crippen LogP) is 7.15. The lowest BCUT2D eigenvalue weighted by Gasteiger charge is -2.43. The van der Waals surface area contributed by atoms with Gasteiger partial charge in [-0.3, -0.25) is 4.90 Å². The highest BCUT2D eigenvalue weighted by Gasteiger charge is 2.36. The van der Waals surface area contributed by atoms with Crippen molar-refractivity contribution in [2.75, 3.05) is 25.0 Å². The molecule has 1 aliphatic carbocycles. The second-order valence-corrected chi connectivity index (χ2v) is 13.2. The summed E-state index contributed by atoms with van der Waals surface area (Å²) in [5, 5.41) is 3.88. The molecule has 0 amide bonds. The number of benzene rings is 3. The maximum Gasteiger partial charge on any atom is 0.193 e. The molecule has 222 valence electrons. The van der Waals surface area contributed by atoms with E-state index in [9.17, 15) is 0 Å². The Kier molecular flexibility index (Phi) is 10.7. The molecule has 3 aromatic carbocycles. The second kappa shape index (κ2) is 15.3. The Bertz CT molecular complexity index is 1190. The van der Waals surface area contributed by atoms with Crippen molar-refractivity contribution < 1.29 is 4.74 Å². The Labute approximate surface area is 255 Å². The van der Waals surface area contributed by atoms with Crippen LogP contribution in [0.1, 0.15) is 101 Å². The van der Waals surface area contributed by atoms with Crippen molar-refractivity contribution in [2.45, 2.75) is 108 Å². The fraction of sp³-hybridized carbons (Fsp3) is 0.526. The molecule has 0 bridgehead atoms. The van der Waals surface area contributed by atoms with Gasteiger partial charge in [0, 0.05) is 36.8 Å². The number of ether oxygens (including phenoxy) is 1. The van der Waals surface area contributed by atoms with Crippen LogP contribution in [0.25, 0.3) is 0 Å². The average molecular weight is 563 g/mol. The van der Waals surface area contributed by atoms with Crippen molar-refractivity contribution in [2.24, 2.45) is 0 Å². The van der Waals surface area contributed by atoms with E-state index in [0.717, 1.165) is 27.0 Å². The summed E-state index contributed by atoms with van der Waals surface area (Å²) in [6.45, 7) is 2.98. The van der Waals surface area contributed by atoms with E-state index in [0.29, 0.717) is 18.0 Å². The third-order valence-electron chi connectivity index (χ3n) is 10.2. The number of nitrogens with zero attached hydrogens (tertiary/aromatic N) is 1. The van der Waals surface area contributed by atoms with Gasteiger partial charge in [-0.2, -0.15) is 0 Å². The van der Waals surface area contributed by atoms with Crippen LogP contribution in [0.5, 0.6) is 0 Å². The van der Waals surface area contributed by atoms with Crippen molar-refractivity contribution in [3.05, 3.63) is 90.0 Å². The number of hydrogen-bond donors (Lipinski definition) is 1. The van der Waals surface area contributed by atoms with Gasteiger partial charge in [-0.25, -0.2) is 0 Å². The molecule has 0 radical (unpaired) electrons. The molecule has 1 N–H and O–H groups in total. The Morgan fingerprint density at radius 3 is 1.86 bits per heavy atom. The van der Waals surface area contributed by atoms with Crippen LogP contribution in [-0.2, 0) is 4.74 Å². The summed E-state index contributed by atoms with van der Waals surface area (Å²) in [4.78, 5) is 2.84. The first kappa shape index (κ1) is 29.5. The van der Waals surface area contributed by atoms with Crippen LogP contribution < -0.4 is 16.2 Å². The van der Waals surface area contributed by atoms with E-state index >= 15 is 0 Å². The number of hydrogen-bond acceptors (Lipinski definition) is 3. The third-order valence-corrected chi connectivity index (χ3v) is 10.2. The van der Waals surface area contributed by atoms with Gasteiger partial charge in [0.1, 0.15) is 0 Å². The monoisotopic (exact) mass is 562 g/mol. The zero-order chi connectivity index (χ0) is 28.4. The zero-order valence-electron chi connectivity index (χ0n) is 25.7. The molecule has 1 saturated carbocycles. The largest absolute Gasteiger partial charge is 0.382 e. The standard InChI is InChI=1S/C38H51BN2O/c1-2-4-7-17-31(40-30-18-8-6-9-19-30)20-11-12-22-32(21-10-5-3-1)41-27-28-42-37(29-41)38-33-23-13-15-25-35(33)39-36-26-16-14-24-34(36)38/h6,8-9,13-16,18-19,23-26,31-32,37-40H,1-5,7,10-12,17,20-22,27-29H2. The van der Waals surface area contributed by atoms with E-state index < -0.39 is 0 Å². The molecule has 2 heterocycles. The van der Waals surface area contributed by atoms with Gasteiger partial charge in [-0.1, -0.05) is 135 Å². The molecule has 1 saturated heterocycles. The molecular weight excluding hydrogens is 511 g/mol. The van der Waals surface area contributed by atoms with Gasteiger partial charge in [0.2, 0.25) is 0 Å². The molecule has 0 spiro atoms. The van der Waals surface area contributed by atoms with Gasteiger partial charge in [-0.05, 0) is 48.9 Å². The van der Waals surface area contributed by atoms with E-state index in [1.54, 1.807) is 0 Å². The molecule has 42 heavy (non-hydrogen) atoms. The molecular formula is C38H51BN2O. The minimum atomic E-state index is 0.220. The summed E-state index contributed by atoms with van der Waals surface area (Å²) < 4.78 is 6.65. The molecule has 3 nitrogen and oxygen atoms in total. The normalized spacial score (nSPS) is 25.2. The minimum Gasteiger partial charge on any atom is -0.382 e. The Morgan fingerprint density at radius 1 is 0.619 bits per heavy atom. The molecule has 0 aromatic heterocycles. The smallest absolute Gasteiger partial charge is 0.193 e. The molecule has 3 aromatic rings. The third kappa shape index (κ3) is 7.69. The predicted molar refractivity (Wildman–Crippen MR) is 180 cm³/mol. The zero-order valence-corrected chi connectivity index (χ0v) is 25.7. The Morgan fingerprint density at radius 2 is 1.17 bits per heavy atom. The first-order chi connectivity index (χ1) is 20.8. The van der Waals surface area contributed by atoms with Crippen molar-refractivity contribution in [3.63, 3.8) is 0 Å². The highest BCUT2D eigenvalue weighted by Crippen LogP contribution is 2.33. The number of anilines is 1. The molecule has 4 heteroatoms. The van der Waals surface area contributed by atoms with Crippen LogP contribution in [0.4, 0.5) is 5.69 Å². The summed E-state index contributed by atoms with van der Waals surface area (Å²) in [6.07, 6.45) is 17.8. The highest BCUT2D eigenvalue weighted by molar-refractivity contribution is 6.69. The van der Waals surface area contributed by atoms with E-state index in [4.69, 9.17) is 4.74 Å². The molecule has 2 aliphatic heterocycles. The van der Waals surface area contributed by atoms with Gasteiger partial charge in [0.15, 0.2) is 7.28 Å².